The number of carbonyl (C=O) groups is 1. The molecule has 1 amide bonds. The summed E-state index contributed by atoms with van der Waals surface area (Å²) in [5.74, 6) is -3.03. The van der Waals surface area contributed by atoms with Crippen LogP contribution in [0.15, 0.2) is 27.0 Å². The third-order valence-corrected chi connectivity index (χ3v) is 7.32. The number of fused-ring (bicyclic) bond motifs is 1. The molecule has 0 spiro atoms. The molecule has 4 aliphatic heterocycles. The number of ether oxygens (including phenoxy) is 2. The number of amidine groups is 1. The largest absolute Gasteiger partial charge is 0.756 e. The summed E-state index contributed by atoms with van der Waals surface area (Å²) in [6.07, 6.45) is -11.8. The molecule has 0 aliphatic carbocycles. The minimum atomic E-state index is -5.64. The first-order valence-electron chi connectivity index (χ1n) is 11.6. The van der Waals surface area contributed by atoms with Gasteiger partial charge in [-0.1, -0.05) is 0 Å². The molecule has 1 aromatic rings. The Morgan fingerprint density at radius 2 is 1.95 bits per heavy atom. The number of nitrogens with one attached hydrogen (secondary N) is 2. The van der Waals surface area contributed by atoms with E-state index in [2.05, 4.69) is 20.3 Å². The number of nitrogen functional groups attached to an aromatic ring is 1. The minimum Gasteiger partial charge on any atom is -0.756 e. The first-order valence-corrected chi connectivity index (χ1v) is 13.1. The van der Waals surface area contributed by atoms with Crippen molar-refractivity contribution in [1.29, 1.82) is 5.41 Å². The molecule has 0 radical (unpaired) electrons. The number of hydrogen-bond acceptors (Lipinski definition) is 16. The van der Waals surface area contributed by atoms with Gasteiger partial charge in [-0.25, -0.2) is 4.79 Å². The topological polar surface area (TPSA) is 311 Å². The predicted octanol–water partition coefficient (Wildman–Crippen LogP) is -5.84. The fraction of sp³-hybridized carbons (Fsp3) is 0.579. The summed E-state index contributed by atoms with van der Waals surface area (Å²) in [6.45, 7) is -0.847. The molecule has 21 heteroatoms. The number of amides is 1. The number of guanidine groups is 1. The number of nitrogens with zero attached hydrogens (tertiary/aromatic N) is 5. The molecule has 5 heterocycles. The van der Waals surface area contributed by atoms with Gasteiger partial charge < -0.3 is 49.9 Å². The number of aliphatic imine (C=N–C) groups is 2. The highest BCUT2D eigenvalue weighted by atomic mass is 31.2. The molecule has 0 aromatic carbocycles. The number of rotatable bonds is 7. The van der Waals surface area contributed by atoms with Gasteiger partial charge in [0.1, 0.15) is 36.3 Å². The number of phosphoric acid groups is 1. The summed E-state index contributed by atoms with van der Waals surface area (Å²) in [4.78, 5) is 58.4. The zero-order valence-corrected chi connectivity index (χ0v) is 21.0. The van der Waals surface area contributed by atoms with E-state index in [1.54, 1.807) is 0 Å². The number of nitrogens with two attached hydrogens (primary N) is 1. The Hall–Kier alpha value is -3.17. The van der Waals surface area contributed by atoms with E-state index in [-0.39, 0.29) is 11.7 Å². The number of aliphatic hydroxyl groups is 4. The van der Waals surface area contributed by atoms with Crippen molar-refractivity contribution in [3.05, 3.63) is 22.7 Å². The summed E-state index contributed by atoms with van der Waals surface area (Å²) in [6, 6.07) is 0.0235. The summed E-state index contributed by atoms with van der Waals surface area (Å²) in [5.41, 5.74) is 4.49. The standard InChI is InChI=1S/C19H25N8O12P/c20-6-1-2-26(19(33)23-6)17-11(31)10(30)13(38-17)12(39-40(34,35)36)7-5(3-28)37-16(9(7)29)27-4-22-8-14(27)24-18(21)25-15(8)32/h1-2,4-5,7-13,16-17,28-31H,3H2,(H2,20,23,33)(H2,21,25,32)(H2,34,35,36)/p-1. The third-order valence-electron chi connectivity index (χ3n) is 6.81. The van der Waals surface area contributed by atoms with Gasteiger partial charge in [0.05, 0.1) is 19.0 Å². The highest BCUT2D eigenvalue weighted by molar-refractivity contribution is 7.44. The van der Waals surface area contributed by atoms with Crippen LogP contribution in [0.25, 0.3) is 0 Å². The quantitative estimate of drug-likeness (QED) is 0.138. The van der Waals surface area contributed by atoms with Crippen LogP contribution in [0, 0.1) is 11.3 Å². The normalized spacial score (nSPS) is 37.7. The van der Waals surface area contributed by atoms with Crippen molar-refractivity contribution >= 4 is 37.7 Å². The van der Waals surface area contributed by atoms with Crippen LogP contribution in [0.4, 0.5) is 5.82 Å². The van der Waals surface area contributed by atoms with E-state index >= 15 is 0 Å². The Kier molecular flexibility index (Phi) is 7.33. The summed E-state index contributed by atoms with van der Waals surface area (Å²) in [5, 5.41) is 52.6. The number of aliphatic hydroxyl groups excluding tert-OH is 4. The number of carbonyl (C=O) groups excluding carboxylic acids is 1. The lowest BCUT2D eigenvalue weighted by molar-refractivity contribution is -0.235. The first-order chi connectivity index (χ1) is 18.8. The van der Waals surface area contributed by atoms with E-state index in [4.69, 9.17) is 25.1 Å². The van der Waals surface area contributed by atoms with E-state index in [9.17, 15) is 44.4 Å². The maximum atomic E-state index is 12.3. The zero-order chi connectivity index (χ0) is 29.1. The van der Waals surface area contributed by atoms with Crippen molar-refractivity contribution in [1.82, 2.24) is 19.8 Å². The van der Waals surface area contributed by atoms with E-state index in [0.717, 1.165) is 22.0 Å². The van der Waals surface area contributed by atoms with Crippen LogP contribution in [0.5, 0.6) is 0 Å². The molecule has 4 aliphatic rings. The van der Waals surface area contributed by atoms with Crippen LogP contribution >= 0.6 is 7.82 Å². The van der Waals surface area contributed by atoms with Crippen LogP contribution < -0.4 is 21.6 Å². The second-order valence-electron chi connectivity index (χ2n) is 9.25. The highest BCUT2D eigenvalue weighted by Gasteiger charge is 2.58. The molecular weight excluding hydrogens is 563 g/mol. The highest BCUT2D eigenvalue weighted by Crippen LogP contribution is 2.45. The van der Waals surface area contributed by atoms with Crippen molar-refractivity contribution < 1.29 is 53.6 Å². The average Bonchev–Trinajstić information content (AvgIpc) is 3.51. The SMILES string of the molecule is N=C1N=C2C(N=CN2C2OC(CO)C(C(OP(=O)([O-])O)C3OC(n4ccc(N)nc4=O)C(O)C3O)C2O)C(=O)N1. The van der Waals surface area contributed by atoms with Crippen LogP contribution in [-0.2, 0) is 23.4 Å². The molecule has 218 valence electrons. The summed E-state index contributed by atoms with van der Waals surface area (Å²) < 4.78 is 28.8. The number of anilines is 1. The molecular formula is C19H24N8O12P-. The van der Waals surface area contributed by atoms with Crippen LogP contribution in [0.1, 0.15) is 6.23 Å². The molecule has 20 nitrogen and oxygen atoms in total. The lowest BCUT2D eigenvalue weighted by Gasteiger charge is -2.36. The van der Waals surface area contributed by atoms with Crippen molar-refractivity contribution in [3.8, 4) is 0 Å². The second kappa shape index (κ2) is 10.3. The Labute approximate surface area is 223 Å². The van der Waals surface area contributed by atoms with Gasteiger partial charge in [0.15, 0.2) is 24.3 Å². The van der Waals surface area contributed by atoms with E-state index < -0.39 is 93.0 Å². The van der Waals surface area contributed by atoms with Gasteiger partial charge >= 0.3 is 5.69 Å². The third kappa shape index (κ3) is 4.94. The molecule has 2 saturated heterocycles. The van der Waals surface area contributed by atoms with Crippen molar-refractivity contribution in [2.45, 2.75) is 55.1 Å². The molecule has 0 bridgehead atoms. The fourth-order valence-electron chi connectivity index (χ4n) is 5.10. The fourth-order valence-corrected chi connectivity index (χ4v) is 5.67. The number of hydrogen-bond donors (Lipinski definition) is 8. The van der Waals surface area contributed by atoms with Gasteiger partial charge in [-0.2, -0.15) is 9.98 Å². The molecule has 11 atom stereocenters. The maximum Gasteiger partial charge on any atom is 0.351 e. The van der Waals surface area contributed by atoms with Gasteiger partial charge in [-0.3, -0.25) is 34.5 Å². The molecule has 9 N–H and O–H groups in total. The average molecular weight is 587 g/mol. The van der Waals surface area contributed by atoms with Gasteiger partial charge in [-0.15, -0.1) is 0 Å². The van der Waals surface area contributed by atoms with E-state index in [0.29, 0.717) is 0 Å². The van der Waals surface area contributed by atoms with Crippen LogP contribution in [-0.4, -0.2) is 119 Å². The minimum absolute atomic E-state index is 0.105. The van der Waals surface area contributed by atoms with Crippen molar-refractivity contribution in [2.24, 2.45) is 15.9 Å². The lowest BCUT2D eigenvalue weighted by Crippen LogP contribution is -2.54. The van der Waals surface area contributed by atoms with Gasteiger partial charge in [0.25, 0.3) is 13.7 Å². The van der Waals surface area contributed by atoms with Gasteiger partial charge in [0, 0.05) is 12.1 Å². The Bertz CT molecular complexity index is 1370. The Morgan fingerprint density at radius 3 is 2.60 bits per heavy atom. The van der Waals surface area contributed by atoms with E-state index in [1.165, 1.54) is 6.07 Å². The van der Waals surface area contributed by atoms with Crippen LogP contribution in [0.2, 0.25) is 0 Å². The van der Waals surface area contributed by atoms with Gasteiger partial charge in [0.2, 0.25) is 5.96 Å². The van der Waals surface area contributed by atoms with Crippen molar-refractivity contribution in [2.75, 3.05) is 12.3 Å². The smallest absolute Gasteiger partial charge is 0.351 e. The monoisotopic (exact) mass is 587 g/mol. The van der Waals surface area contributed by atoms with Crippen LogP contribution in [0.3, 0.4) is 0 Å². The number of phosphoric ester groups is 1. The zero-order valence-electron chi connectivity index (χ0n) is 20.1. The molecule has 5 rings (SSSR count). The molecule has 0 saturated carbocycles. The number of aromatic nitrogens is 2. The van der Waals surface area contributed by atoms with Gasteiger partial charge in [-0.05, 0) is 6.07 Å². The molecule has 11 unspecified atom stereocenters. The van der Waals surface area contributed by atoms with E-state index in [1.807, 2.05) is 0 Å². The molecule has 2 fully saturated rings. The Morgan fingerprint density at radius 1 is 1.23 bits per heavy atom. The Balaban J connectivity index is 1.48. The first kappa shape index (κ1) is 28.4. The predicted molar refractivity (Wildman–Crippen MR) is 126 cm³/mol. The second-order valence-corrected chi connectivity index (χ2v) is 10.4. The summed E-state index contributed by atoms with van der Waals surface area (Å²) >= 11 is 0. The molecule has 1 aromatic heterocycles. The summed E-state index contributed by atoms with van der Waals surface area (Å²) in [7, 11) is -5.64. The van der Waals surface area contributed by atoms with Crippen molar-refractivity contribution in [3.63, 3.8) is 0 Å². The molecule has 40 heavy (non-hydrogen) atoms. The lowest BCUT2D eigenvalue weighted by atomic mass is 9.86. The maximum absolute atomic E-state index is 12.3.